The number of thioether (sulfide) groups is 1. The van der Waals surface area contributed by atoms with Gasteiger partial charge in [0.1, 0.15) is 0 Å². The van der Waals surface area contributed by atoms with Crippen molar-refractivity contribution in [1.82, 2.24) is 4.98 Å². The van der Waals surface area contributed by atoms with Gasteiger partial charge in [0.15, 0.2) is 5.78 Å². The number of hydrogen-bond acceptors (Lipinski definition) is 3. The molecule has 0 aromatic carbocycles. The zero-order valence-corrected chi connectivity index (χ0v) is 10.5. The molecule has 0 aliphatic rings. The first-order valence-electron chi connectivity index (χ1n) is 5.14. The fourth-order valence-corrected chi connectivity index (χ4v) is 1.90. The minimum atomic E-state index is 0.0657. The Morgan fingerprint density at radius 1 is 1.33 bits per heavy atom. The topological polar surface area (TPSA) is 30.0 Å². The quantitative estimate of drug-likeness (QED) is 0.578. The maximum atomic E-state index is 11.0. The lowest BCUT2D eigenvalue weighted by atomic mass is 10.2. The van der Waals surface area contributed by atoms with Crippen LogP contribution in [0.4, 0.5) is 0 Å². The van der Waals surface area contributed by atoms with Crippen molar-refractivity contribution in [2.75, 3.05) is 0 Å². The molecular weight excluding hydrogens is 206 g/mol. The molecule has 0 aliphatic carbocycles. The van der Waals surface area contributed by atoms with Gasteiger partial charge in [-0.3, -0.25) is 4.79 Å². The lowest BCUT2D eigenvalue weighted by molar-refractivity contribution is 0.101. The molecule has 1 aromatic rings. The van der Waals surface area contributed by atoms with Crippen molar-refractivity contribution in [2.24, 2.45) is 5.92 Å². The summed E-state index contributed by atoms with van der Waals surface area (Å²) in [6.07, 6.45) is 1.65. The monoisotopic (exact) mass is 223 g/mol. The molecule has 0 fully saturated rings. The predicted molar refractivity (Wildman–Crippen MR) is 64.4 cm³/mol. The molecular formula is C12H17NOS. The van der Waals surface area contributed by atoms with Crippen LogP contribution in [0.2, 0.25) is 0 Å². The third-order valence-corrected chi connectivity index (χ3v) is 3.79. The van der Waals surface area contributed by atoms with Crippen LogP contribution in [-0.4, -0.2) is 16.0 Å². The molecule has 1 heterocycles. The van der Waals surface area contributed by atoms with Crippen molar-refractivity contribution in [3.8, 4) is 0 Å². The summed E-state index contributed by atoms with van der Waals surface area (Å²) < 4.78 is 0. The third-order valence-electron chi connectivity index (χ3n) is 2.39. The molecule has 0 bridgehead atoms. The van der Waals surface area contributed by atoms with Crippen LogP contribution in [0.25, 0.3) is 0 Å². The Labute approximate surface area is 95.5 Å². The summed E-state index contributed by atoms with van der Waals surface area (Å²) in [5.74, 6) is 0.695. The van der Waals surface area contributed by atoms with Gasteiger partial charge in [0.2, 0.25) is 0 Å². The van der Waals surface area contributed by atoms with E-state index in [1.165, 1.54) is 0 Å². The Bertz CT molecular complexity index is 332. The standard InChI is InChI=1S/C12H17NOS/c1-8(2)10(4)15-12-6-5-11(7-13-12)9(3)14/h5-8,10H,1-4H3. The summed E-state index contributed by atoms with van der Waals surface area (Å²) in [5.41, 5.74) is 0.677. The van der Waals surface area contributed by atoms with Gasteiger partial charge in [0, 0.05) is 17.0 Å². The molecule has 0 spiro atoms. The van der Waals surface area contributed by atoms with Crippen LogP contribution in [0.15, 0.2) is 23.4 Å². The number of hydrogen-bond donors (Lipinski definition) is 0. The van der Waals surface area contributed by atoms with Gasteiger partial charge in [-0.25, -0.2) is 4.98 Å². The molecule has 82 valence electrons. The van der Waals surface area contributed by atoms with E-state index in [0.717, 1.165) is 5.03 Å². The van der Waals surface area contributed by atoms with Crippen LogP contribution < -0.4 is 0 Å². The van der Waals surface area contributed by atoms with Gasteiger partial charge in [-0.2, -0.15) is 0 Å². The summed E-state index contributed by atoms with van der Waals surface area (Å²) >= 11 is 1.75. The molecule has 1 aromatic heterocycles. The van der Waals surface area contributed by atoms with Crippen molar-refractivity contribution in [2.45, 2.75) is 38.0 Å². The fourth-order valence-electron chi connectivity index (χ4n) is 0.985. The largest absolute Gasteiger partial charge is 0.294 e. The number of pyridine rings is 1. The highest BCUT2D eigenvalue weighted by atomic mass is 32.2. The van der Waals surface area contributed by atoms with E-state index >= 15 is 0 Å². The lowest BCUT2D eigenvalue weighted by Gasteiger charge is -2.13. The minimum Gasteiger partial charge on any atom is -0.294 e. The zero-order chi connectivity index (χ0) is 11.4. The first-order valence-corrected chi connectivity index (χ1v) is 6.02. The lowest BCUT2D eigenvalue weighted by Crippen LogP contribution is -2.05. The van der Waals surface area contributed by atoms with Crippen LogP contribution in [-0.2, 0) is 0 Å². The molecule has 0 amide bonds. The van der Waals surface area contributed by atoms with E-state index in [-0.39, 0.29) is 5.78 Å². The van der Waals surface area contributed by atoms with Gasteiger partial charge in [-0.1, -0.05) is 20.8 Å². The summed E-state index contributed by atoms with van der Waals surface area (Å²) in [6, 6.07) is 3.75. The second kappa shape index (κ2) is 5.31. The Morgan fingerprint density at radius 3 is 2.40 bits per heavy atom. The Balaban J connectivity index is 2.68. The minimum absolute atomic E-state index is 0.0657. The summed E-state index contributed by atoms with van der Waals surface area (Å²) in [7, 11) is 0. The molecule has 15 heavy (non-hydrogen) atoms. The van der Waals surface area contributed by atoms with Crippen molar-refractivity contribution >= 4 is 17.5 Å². The number of Topliss-reactive ketones (excluding diaryl/α,β-unsaturated/α-hetero) is 1. The van der Waals surface area contributed by atoms with Crippen LogP contribution in [0.3, 0.4) is 0 Å². The molecule has 0 saturated carbocycles. The SMILES string of the molecule is CC(=O)c1ccc(SC(C)C(C)C)nc1. The highest BCUT2D eigenvalue weighted by Gasteiger charge is 2.09. The number of nitrogens with zero attached hydrogens (tertiary/aromatic N) is 1. The van der Waals surface area contributed by atoms with Crippen molar-refractivity contribution in [3.63, 3.8) is 0 Å². The molecule has 0 radical (unpaired) electrons. The second-order valence-corrected chi connectivity index (χ2v) is 5.41. The van der Waals surface area contributed by atoms with E-state index in [2.05, 4.69) is 25.8 Å². The molecule has 0 aliphatic heterocycles. The maximum absolute atomic E-state index is 11.0. The maximum Gasteiger partial charge on any atom is 0.161 e. The van der Waals surface area contributed by atoms with Crippen LogP contribution in [0.1, 0.15) is 38.1 Å². The van der Waals surface area contributed by atoms with Gasteiger partial charge in [0.05, 0.1) is 5.03 Å². The van der Waals surface area contributed by atoms with Crippen LogP contribution in [0.5, 0.6) is 0 Å². The van der Waals surface area contributed by atoms with E-state index < -0.39 is 0 Å². The third kappa shape index (κ3) is 3.67. The number of aromatic nitrogens is 1. The van der Waals surface area contributed by atoms with Crippen molar-refractivity contribution in [3.05, 3.63) is 23.9 Å². The molecule has 1 rings (SSSR count). The molecule has 1 unspecified atom stereocenters. The summed E-state index contributed by atoms with van der Waals surface area (Å²) in [5, 5.41) is 1.53. The van der Waals surface area contributed by atoms with Crippen molar-refractivity contribution in [1.29, 1.82) is 0 Å². The number of carbonyl (C=O) groups is 1. The highest BCUT2D eigenvalue weighted by Crippen LogP contribution is 2.25. The number of carbonyl (C=O) groups excluding carboxylic acids is 1. The molecule has 0 N–H and O–H groups in total. The highest BCUT2D eigenvalue weighted by molar-refractivity contribution is 7.99. The summed E-state index contributed by atoms with van der Waals surface area (Å²) in [6.45, 7) is 8.14. The molecule has 2 nitrogen and oxygen atoms in total. The van der Waals surface area contributed by atoms with Crippen molar-refractivity contribution < 1.29 is 4.79 Å². The van der Waals surface area contributed by atoms with E-state index in [1.807, 2.05) is 12.1 Å². The molecule has 1 atom stereocenters. The summed E-state index contributed by atoms with van der Waals surface area (Å²) in [4.78, 5) is 15.3. The molecule has 0 saturated heterocycles. The Hall–Kier alpha value is -0.830. The van der Waals surface area contributed by atoms with Gasteiger partial charge >= 0.3 is 0 Å². The molecule has 3 heteroatoms. The normalized spacial score (nSPS) is 12.9. The number of ketones is 1. The van der Waals surface area contributed by atoms with E-state index in [0.29, 0.717) is 16.7 Å². The number of rotatable bonds is 4. The van der Waals surface area contributed by atoms with Gasteiger partial charge in [-0.15, -0.1) is 11.8 Å². The van der Waals surface area contributed by atoms with Gasteiger partial charge in [0.25, 0.3) is 0 Å². The van der Waals surface area contributed by atoms with Crippen LogP contribution >= 0.6 is 11.8 Å². The average molecular weight is 223 g/mol. The Morgan fingerprint density at radius 2 is 2.00 bits per heavy atom. The van der Waals surface area contributed by atoms with Gasteiger partial charge in [-0.05, 0) is 25.0 Å². The van der Waals surface area contributed by atoms with Crippen LogP contribution in [0, 0.1) is 5.92 Å². The average Bonchev–Trinajstić information content (AvgIpc) is 2.18. The fraction of sp³-hybridized carbons (Fsp3) is 0.500. The zero-order valence-electron chi connectivity index (χ0n) is 9.65. The predicted octanol–water partition coefficient (Wildman–Crippen LogP) is 3.42. The van der Waals surface area contributed by atoms with E-state index in [9.17, 15) is 4.79 Å². The first kappa shape index (κ1) is 12.2. The van der Waals surface area contributed by atoms with E-state index in [4.69, 9.17) is 0 Å². The smallest absolute Gasteiger partial charge is 0.161 e. The van der Waals surface area contributed by atoms with Gasteiger partial charge < -0.3 is 0 Å². The van der Waals surface area contributed by atoms with E-state index in [1.54, 1.807) is 24.9 Å². The second-order valence-electron chi connectivity index (χ2n) is 4.01. The first-order chi connectivity index (χ1) is 7.00. The Kier molecular flexibility index (Phi) is 4.33.